The smallest absolute Gasteiger partial charge is 0.299 e. The lowest BCUT2D eigenvalue weighted by Crippen LogP contribution is -2.54. The summed E-state index contributed by atoms with van der Waals surface area (Å²) in [5.41, 5.74) is 2.55. The van der Waals surface area contributed by atoms with E-state index >= 15 is 0 Å². The van der Waals surface area contributed by atoms with Crippen LogP contribution in [0.4, 0.5) is 16.1 Å². The zero-order chi connectivity index (χ0) is 19.8. The minimum atomic E-state index is -0.233. The topological polar surface area (TPSA) is 52.8 Å². The molecule has 6 nitrogen and oxygen atoms in total. The number of benzene rings is 2. The quantitative estimate of drug-likeness (QED) is 0.682. The summed E-state index contributed by atoms with van der Waals surface area (Å²) in [7, 11) is 0. The number of nitrogens with zero attached hydrogens (tertiary/aromatic N) is 4. The molecular weight excluding hydrogens is 371 g/mol. The van der Waals surface area contributed by atoms with Gasteiger partial charge in [0.15, 0.2) is 5.58 Å². The molecule has 2 fully saturated rings. The fourth-order valence-electron chi connectivity index (χ4n) is 4.28. The van der Waals surface area contributed by atoms with E-state index in [2.05, 4.69) is 9.88 Å². The first-order chi connectivity index (χ1) is 14.2. The van der Waals surface area contributed by atoms with Gasteiger partial charge in [0.25, 0.3) is 6.01 Å². The maximum absolute atomic E-state index is 13.2. The summed E-state index contributed by atoms with van der Waals surface area (Å²) in [5.74, 6) is -0.0911. The van der Waals surface area contributed by atoms with Crippen LogP contribution in [-0.4, -0.2) is 54.6 Å². The minimum Gasteiger partial charge on any atom is -0.423 e. The third kappa shape index (κ3) is 3.41. The lowest BCUT2D eigenvalue weighted by atomic mass is 10.1. The van der Waals surface area contributed by atoms with E-state index in [9.17, 15) is 9.18 Å². The van der Waals surface area contributed by atoms with Crippen molar-refractivity contribution in [3.8, 4) is 0 Å². The van der Waals surface area contributed by atoms with Gasteiger partial charge in [0.1, 0.15) is 17.4 Å². The van der Waals surface area contributed by atoms with Crippen LogP contribution in [0.15, 0.2) is 52.9 Å². The van der Waals surface area contributed by atoms with Gasteiger partial charge in [0.2, 0.25) is 5.91 Å². The molecule has 0 spiro atoms. The Bertz CT molecular complexity index is 978. The molecule has 1 amide bonds. The van der Waals surface area contributed by atoms with Crippen LogP contribution in [0.3, 0.4) is 0 Å². The Morgan fingerprint density at radius 3 is 2.52 bits per heavy atom. The maximum Gasteiger partial charge on any atom is 0.299 e. The van der Waals surface area contributed by atoms with Crippen LogP contribution in [-0.2, 0) is 4.79 Å². The van der Waals surface area contributed by atoms with Gasteiger partial charge in [-0.1, -0.05) is 12.1 Å². The maximum atomic E-state index is 13.2. The molecule has 0 unspecified atom stereocenters. The number of carbonyl (C=O) groups is 1. The highest BCUT2D eigenvalue weighted by Gasteiger charge is 2.37. The number of rotatable bonds is 3. The van der Waals surface area contributed by atoms with Crippen molar-refractivity contribution in [1.82, 2.24) is 9.88 Å². The normalized spacial score (nSPS) is 19.9. The molecule has 2 aliphatic heterocycles. The zero-order valence-corrected chi connectivity index (χ0v) is 16.1. The number of aromatic nitrogens is 1. The first-order valence-electron chi connectivity index (χ1n) is 10.1. The van der Waals surface area contributed by atoms with Gasteiger partial charge in [-0.2, -0.15) is 4.98 Å². The Labute approximate surface area is 168 Å². The van der Waals surface area contributed by atoms with Crippen LogP contribution < -0.4 is 9.80 Å². The van der Waals surface area contributed by atoms with Gasteiger partial charge in [0.05, 0.1) is 0 Å². The van der Waals surface area contributed by atoms with E-state index in [1.54, 1.807) is 12.1 Å². The number of halogens is 1. The molecule has 2 saturated heterocycles. The molecule has 29 heavy (non-hydrogen) atoms. The number of hydrogen-bond acceptors (Lipinski definition) is 5. The monoisotopic (exact) mass is 394 g/mol. The van der Waals surface area contributed by atoms with Crippen LogP contribution in [0.5, 0.6) is 0 Å². The van der Waals surface area contributed by atoms with E-state index in [4.69, 9.17) is 4.42 Å². The first-order valence-corrected chi connectivity index (χ1v) is 10.1. The summed E-state index contributed by atoms with van der Waals surface area (Å²) in [4.78, 5) is 24.0. The fraction of sp³-hybridized carbons (Fsp3) is 0.364. The predicted molar refractivity (Wildman–Crippen MR) is 110 cm³/mol. The number of para-hydroxylation sites is 2. The summed E-state index contributed by atoms with van der Waals surface area (Å²) in [6.45, 7) is 3.58. The molecule has 0 N–H and O–H groups in total. The van der Waals surface area contributed by atoms with Crippen molar-refractivity contribution in [2.75, 3.05) is 42.5 Å². The molecule has 0 bridgehead atoms. The SMILES string of the molecule is O=C([C@@H]1CCCN1c1nc2ccccc2o1)N1CCN(c2ccc(F)cc2)CC1. The summed E-state index contributed by atoms with van der Waals surface area (Å²) in [6, 6.07) is 14.5. The van der Waals surface area contributed by atoms with Crippen molar-refractivity contribution in [2.24, 2.45) is 0 Å². The van der Waals surface area contributed by atoms with E-state index in [0.29, 0.717) is 19.1 Å². The molecule has 1 aromatic heterocycles. The highest BCUT2D eigenvalue weighted by Crippen LogP contribution is 2.29. The number of fused-ring (bicyclic) bond motifs is 1. The summed E-state index contributed by atoms with van der Waals surface area (Å²) >= 11 is 0. The Hall–Kier alpha value is -3.09. The largest absolute Gasteiger partial charge is 0.423 e. The third-order valence-electron chi connectivity index (χ3n) is 5.85. The van der Waals surface area contributed by atoms with E-state index in [-0.39, 0.29) is 17.8 Å². The number of amides is 1. The molecule has 3 heterocycles. The van der Waals surface area contributed by atoms with E-state index < -0.39 is 0 Å². The number of hydrogen-bond donors (Lipinski definition) is 0. The predicted octanol–water partition coefficient (Wildman–Crippen LogP) is 3.28. The van der Waals surface area contributed by atoms with Crippen LogP contribution >= 0.6 is 0 Å². The highest BCUT2D eigenvalue weighted by molar-refractivity contribution is 5.86. The van der Waals surface area contributed by atoms with Gasteiger partial charge >= 0.3 is 0 Å². The van der Waals surface area contributed by atoms with E-state index in [1.807, 2.05) is 34.1 Å². The van der Waals surface area contributed by atoms with Crippen LogP contribution in [0, 0.1) is 5.82 Å². The van der Waals surface area contributed by atoms with Crippen molar-refractivity contribution in [2.45, 2.75) is 18.9 Å². The van der Waals surface area contributed by atoms with Crippen LogP contribution in [0.2, 0.25) is 0 Å². The Balaban J connectivity index is 1.27. The Morgan fingerprint density at radius 2 is 1.76 bits per heavy atom. The summed E-state index contributed by atoms with van der Waals surface area (Å²) in [6.07, 6.45) is 1.76. The van der Waals surface area contributed by atoms with Gasteiger partial charge in [-0.05, 0) is 49.2 Å². The molecule has 0 aliphatic carbocycles. The van der Waals surface area contributed by atoms with Crippen molar-refractivity contribution in [1.29, 1.82) is 0 Å². The highest BCUT2D eigenvalue weighted by atomic mass is 19.1. The molecule has 5 rings (SSSR count). The second-order valence-electron chi connectivity index (χ2n) is 7.60. The second-order valence-corrected chi connectivity index (χ2v) is 7.60. The molecule has 1 atom stereocenters. The summed E-state index contributed by atoms with van der Waals surface area (Å²) in [5, 5.41) is 0. The Morgan fingerprint density at radius 1 is 1.00 bits per heavy atom. The summed E-state index contributed by atoms with van der Waals surface area (Å²) < 4.78 is 19.1. The molecule has 0 saturated carbocycles. The second kappa shape index (κ2) is 7.39. The lowest BCUT2D eigenvalue weighted by molar-refractivity contribution is -0.132. The third-order valence-corrected chi connectivity index (χ3v) is 5.85. The van der Waals surface area contributed by atoms with Gasteiger partial charge in [-0.25, -0.2) is 4.39 Å². The lowest BCUT2D eigenvalue weighted by Gasteiger charge is -2.38. The van der Waals surface area contributed by atoms with Crippen LogP contribution in [0.25, 0.3) is 11.1 Å². The number of oxazole rings is 1. The number of piperazine rings is 1. The van der Waals surface area contributed by atoms with Crippen LogP contribution in [0.1, 0.15) is 12.8 Å². The van der Waals surface area contributed by atoms with Gasteiger partial charge in [-0.3, -0.25) is 4.79 Å². The van der Waals surface area contributed by atoms with Crippen molar-refractivity contribution >= 4 is 28.7 Å². The number of carbonyl (C=O) groups excluding carboxylic acids is 1. The van der Waals surface area contributed by atoms with E-state index in [1.165, 1.54) is 12.1 Å². The molecule has 2 aliphatic rings. The molecule has 2 aromatic carbocycles. The average Bonchev–Trinajstić information content (AvgIpc) is 3.41. The first kappa shape index (κ1) is 18.0. The molecule has 0 radical (unpaired) electrons. The van der Waals surface area contributed by atoms with Gasteiger partial charge < -0.3 is 19.1 Å². The Kier molecular flexibility index (Phi) is 4.58. The molecular formula is C22H23FN4O2. The average molecular weight is 394 g/mol. The van der Waals surface area contributed by atoms with Crippen molar-refractivity contribution in [3.63, 3.8) is 0 Å². The zero-order valence-electron chi connectivity index (χ0n) is 16.1. The van der Waals surface area contributed by atoms with E-state index in [0.717, 1.165) is 49.3 Å². The number of anilines is 2. The van der Waals surface area contributed by atoms with Crippen molar-refractivity contribution in [3.05, 3.63) is 54.3 Å². The molecule has 3 aromatic rings. The standard InChI is InChI=1S/C22H23FN4O2/c23-16-7-9-17(10-8-16)25-12-14-26(15-13-25)21(28)19-5-3-11-27(19)22-24-18-4-1-2-6-20(18)29-22/h1-2,4,6-10,19H,3,5,11-15H2/t19-/m0/s1. The van der Waals surface area contributed by atoms with Gasteiger partial charge in [0, 0.05) is 38.4 Å². The fourth-order valence-corrected chi connectivity index (χ4v) is 4.28. The van der Waals surface area contributed by atoms with Gasteiger partial charge in [-0.15, -0.1) is 0 Å². The minimum absolute atomic E-state index is 0.142. The van der Waals surface area contributed by atoms with Crippen molar-refractivity contribution < 1.29 is 13.6 Å². The molecule has 7 heteroatoms. The molecule has 150 valence electrons.